The number of likely N-dealkylation sites (tertiary alicyclic amines) is 1. The third kappa shape index (κ3) is 5.26. The summed E-state index contributed by atoms with van der Waals surface area (Å²) in [6.07, 6.45) is 21.9. The van der Waals surface area contributed by atoms with E-state index in [0.717, 1.165) is 59.5 Å². The zero-order valence-electron chi connectivity index (χ0n) is 25.3. The van der Waals surface area contributed by atoms with Crippen molar-refractivity contribution < 1.29 is 4.42 Å². The Labute approximate surface area is 233 Å². The van der Waals surface area contributed by atoms with Crippen LogP contribution in [0.25, 0.3) is 0 Å². The van der Waals surface area contributed by atoms with Crippen LogP contribution in [0.3, 0.4) is 0 Å². The molecule has 0 radical (unpaired) electrons. The molecule has 0 aromatic carbocycles. The Hall–Kier alpha value is -0.900. The molecule has 1 aromatic heterocycles. The normalized spacial score (nSPS) is 41.4. The summed E-state index contributed by atoms with van der Waals surface area (Å²) < 4.78 is 6.54. The van der Waals surface area contributed by atoms with Gasteiger partial charge in [0.2, 0.25) is 11.8 Å². The van der Waals surface area contributed by atoms with Crippen LogP contribution in [-0.4, -0.2) is 33.2 Å². The maximum absolute atomic E-state index is 6.54. The molecule has 6 atom stereocenters. The van der Waals surface area contributed by atoms with E-state index in [4.69, 9.17) is 9.52 Å². The molecule has 2 heterocycles. The Morgan fingerprint density at radius 2 is 1.32 bits per heavy atom. The quantitative estimate of drug-likeness (QED) is 0.386. The van der Waals surface area contributed by atoms with Crippen LogP contribution in [-0.2, 0) is 0 Å². The molecule has 1 aromatic rings. The van der Waals surface area contributed by atoms with Gasteiger partial charge in [-0.05, 0) is 132 Å². The third-order valence-corrected chi connectivity index (χ3v) is 12.6. The summed E-state index contributed by atoms with van der Waals surface area (Å²) in [5, 5.41) is 9.40. The topological polar surface area (TPSA) is 42.2 Å². The van der Waals surface area contributed by atoms with E-state index in [9.17, 15) is 0 Å². The molecule has 0 amide bonds. The Kier molecular flexibility index (Phi) is 8.02. The summed E-state index contributed by atoms with van der Waals surface area (Å²) in [6, 6.07) is 2.36. The molecule has 0 bridgehead atoms. The fraction of sp³-hybridized carbons (Fsp3) is 0.941. The van der Waals surface area contributed by atoms with Crippen molar-refractivity contribution in [3.8, 4) is 0 Å². The number of aromatic nitrogens is 2. The van der Waals surface area contributed by atoms with Crippen molar-refractivity contribution in [3.05, 3.63) is 11.8 Å². The van der Waals surface area contributed by atoms with Crippen molar-refractivity contribution in [2.24, 2.45) is 35.0 Å². The van der Waals surface area contributed by atoms with Gasteiger partial charge in [-0.25, -0.2) is 0 Å². The van der Waals surface area contributed by atoms with Gasteiger partial charge in [0.15, 0.2) is 0 Å². The van der Waals surface area contributed by atoms with Crippen molar-refractivity contribution >= 4 is 0 Å². The van der Waals surface area contributed by atoms with Crippen LogP contribution in [0.1, 0.15) is 161 Å². The van der Waals surface area contributed by atoms with Gasteiger partial charge in [0.1, 0.15) is 0 Å². The largest absolute Gasteiger partial charge is 0.425 e. The van der Waals surface area contributed by atoms with Gasteiger partial charge >= 0.3 is 0 Å². The first kappa shape index (κ1) is 27.3. The molecule has 38 heavy (non-hydrogen) atoms. The third-order valence-electron chi connectivity index (χ3n) is 12.6. The highest BCUT2D eigenvalue weighted by molar-refractivity contribution is 5.09. The van der Waals surface area contributed by atoms with Gasteiger partial charge in [-0.3, -0.25) is 4.90 Å². The number of nitrogens with zero attached hydrogens (tertiary/aromatic N) is 3. The zero-order valence-corrected chi connectivity index (χ0v) is 25.3. The van der Waals surface area contributed by atoms with E-state index in [1.165, 1.54) is 103 Å². The number of hydrogen-bond acceptors (Lipinski definition) is 4. The van der Waals surface area contributed by atoms with Gasteiger partial charge in [-0.1, -0.05) is 40.5 Å². The van der Waals surface area contributed by atoms with Gasteiger partial charge in [0.25, 0.3) is 0 Å². The molecule has 1 aliphatic heterocycles. The van der Waals surface area contributed by atoms with Crippen molar-refractivity contribution in [2.75, 3.05) is 0 Å². The fourth-order valence-corrected chi connectivity index (χ4v) is 10.2. The number of rotatable bonds is 5. The summed E-state index contributed by atoms with van der Waals surface area (Å²) >= 11 is 0. The van der Waals surface area contributed by atoms with E-state index in [2.05, 4.69) is 44.6 Å². The molecule has 214 valence electrons. The molecule has 5 fully saturated rings. The van der Waals surface area contributed by atoms with Crippen molar-refractivity contribution in [1.29, 1.82) is 0 Å². The molecule has 6 rings (SSSR count). The van der Waals surface area contributed by atoms with E-state index in [1.54, 1.807) is 0 Å². The molecule has 1 saturated heterocycles. The van der Waals surface area contributed by atoms with Crippen molar-refractivity contribution in [2.45, 2.75) is 167 Å². The Morgan fingerprint density at radius 3 is 1.97 bits per heavy atom. The zero-order chi connectivity index (χ0) is 26.4. The molecule has 4 nitrogen and oxygen atoms in total. The van der Waals surface area contributed by atoms with Crippen LogP contribution < -0.4 is 0 Å². The van der Waals surface area contributed by atoms with E-state index >= 15 is 0 Å². The molecule has 0 spiro atoms. The lowest BCUT2D eigenvalue weighted by Crippen LogP contribution is -2.45. The standard InChI is InChI=1S/C34H57N3O/c1-6-22(2)37-30-10-8-7-9-28(30)29-21-26(17-20-31(29)37)33-36-35-32(38-33)25-13-11-23(12-14-25)24-15-18-27(19-16-24)34(3,4)5/h22-31H,6-21H2,1-5H3. The van der Waals surface area contributed by atoms with Gasteiger partial charge in [-0.2, -0.15) is 0 Å². The van der Waals surface area contributed by atoms with Crippen LogP contribution in [0.4, 0.5) is 0 Å². The summed E-state index contributed by atoms with van der Waals surface area (Å²) in [6.45, 7) is 12.2. The lowest BCUT2D eigenvalue weighted by atomic mass is 9.65. The van der Waals surface area contributed by atoms with E-state index in [0.29, 0.717) is 17.3 Å². The van der Waals surface area contributed by atoms with Gasteiger partial charge in [0.05, 0.1) is 0 Å². The molecule has 4 aliphatic carbocycles. The Balaban J connectivity index is 1.04. The second kappa shape index (κ2) is 11.2. The van der Waals surface area contributed by atoms with Gasteiger partial charge < -0.3 is 4.42 Å². The summed E-state index contributed by atoms with van der Waals surface area (Å²) in [4.78, 5) is 2.98. The minimum Gasteiger partial charge on any atom is -0.425 e. The van der Waals surface area contributed by atoms with Gasteiger partial charge in [0, 0.05) is 30.0 Å². The predicted octanol–water partition coefficient (Wildman–Crippen LogP) is 9.12. The Bertz CT molecular complexity index is 903. The van der Waals surface area contributed by atoms with Crippen LogP contribution in [0, 0.1) is 35.0 Å². The van der Waals surface area contributed by atoms with E-state index < -0.39 is 0 Å². The lowest BCUT2D eigenvalue weighted by molar-refractivity contribution is 0.0882. The van der Waals surface area contributed by atoms with Crippen LogP contribution in [0.15, 0.2) is 4.42 Å². The summed E-state index contributed by atoms with van der Waals surface area (Å²) in [7, 11) is 0. The maximum atomic E-state index is 6.54. The monoisotopic (exact) mass is 523 g/mol. The minimum atomic E-state index is 0.487. The minimum absolute atomic E-state index is 0.487. The van der Waals surface area contributed by atoms with Crippen molar-refractivity contribution in [1.82, 2.24) is 15.1 Å². The lowest BCUT2D eigenvalue weighted by Gasteiger charge is -2.41. The smallest absolute Gasteiger partial charge is 0.219 e. The average molecular weight is 524 g/mol. The van der Waals surface area contributed by atoms with E-state index in [-0.39, 0.29) is 0 Å². The maximum Gasteiger partial charge on any atom is 0.219 e. The number of hydrogen-bond donors (Lipinski definition) is 0. The summed E-state index contributed by atoms with van der Waals surface area (Å²) in [5.74, 6) is 7.52. The molecule has 6 unspecified atom stereocenters. The predicted molar refractivity (Wildman–Crippen MR) is 155 cm³/mol. The fourth-order valence-electron chi connectivity index (χ4n) is 10.2. The first-order valence-electron chi connectivity index (χ1n) is 16.9. The highest BCUT2D eigenvalue weighted by Gasteiger charge is 2.52. The second-order valence-electron chi connectivity index (χ2n) is 15.5. The molecular weight excluding hydrogens is 466 g/mol. The molecule has 4 heteroatoms. The van der Waals surface area contributed by atoms with Crippen LogP contribution >= 0.6 is 0 Å². The first-order chi connectivity index (χ1) is 18.3. The summed E-state index contributed by atoms with van der Waals surface area (Å²) in [5.41, 5.74) is 0.487. The molecule has 5 aliphatic rings. The highest BCUT2D eigenvalue weighted by Crippen LogP contribution is 2.53. The molecular formula is C34H57N3O. The average Bonchev–Trinajstić information content (AvgIpc) is 3.56. The van der Waals surface area contributed by atoms with E-state index in [1.807, 2.05) is 0 Å². The second-order valence-corrected chi connectivity index (χ2v) is 15.5. The highest BCUT2D eigenvalue weighted by atomic mass is 16.4. The molecule has 4 saturated carbocycles. The van der Waals surface area contributed by atoms with Crippen LogP contribution in [0.2, 0.25) is 0 Å². The number of fused-ring (bicyclic) bond motifs is 3. The van der Waals surface area contributed by atoms with Crippen molar-refractivity contribution in [3.63, 3.8) is 0 Å². The van der Waals surface area contributed by atoms with Gasteiger partial charge in [-0.15, -0.1) is 10.2 Å². The van der Waals surface area contributed by atoms with Crippen LogP contribution in [0.5, 0.6) is 0 Å². The molecule has 0 N–H and O–H groups in total. The Morgan fingerprint density at radius 1 is 0.737 bits per heavy atom. The first-order valence-corrected chi connectivity index (χ1v) is 16.9. The SMILES string of the molecule is CCC(C)N1C2CCCCC2C2CC(c3nnc(C4CCC(C5CCC(C(C)(C)C)CC5)CC4)o3)CCC21.